The van der Waals surface area contributed by atoms with Crippen LogP contribution in [-0.4, -0.2) is 9.67 Å². The maximum Gasteiger partial charge on any atom is 0.0804 e. The highest BCUT2D eigenvalue weighted by atomic mass is 79.9. The highest BCUT2D eigenvalue weighted by molar-refractivity contribution is 9.11. The molecule has 0 aliphatic heterocycles. The number of halogens is 1. The van der Waals surface area contributed by atoms with Gasteiger partial charge in [-0.05, 0) is 46.1 Å². The molecule has 0 aromatic carbocycles. The number of nitrogens with zero attached hydrogens (tertiary/aromatic N) is 1. The lowest BCUT2D eigenvalue weighted by atomic mass is 10.1. The standard InChI is InChI=1S/C13H16BrNOS/c1-2-3-12(16)10-6-7-15(8-10)9-11-4-5-13(14)17-11/h4-8,12,16H,2-3,9H2,1H3. The van der Waals surface area contributed by atoms with Crippen molar-refractivity contribution in [3.63, 3.8) is 0 Å². The summed E-state index contributed by atoms with van der Waals surface area (Å²) >= 11 is 5.21. The predicted octanol–water partition coefficient (Wildman–Crippen LogP) is 4.19. The summed E-state index contributed by atoms with van der Waals surface area (Å²) in [5.41, 5.74) is 1.02. The van der Waals surface area contributed by atoms with Crippen LogP contribution in [0.3, 0.4) is 0 Å². The summed E-state index contributed by atoms with van der Waals surface area (Å²) in [6.07, 6.45) is 5.57. The maximum absolute atomic E-state index is 9.89. The molecule has 2 heterocycles. The molecule has 1 N–H and O–H groups in total. The lowest BCUT2D eigenvalue weighted by Crippen LogP contribution is -1.96. The molecule has 4 heteroatoms. The van der Waals surface area contributed by atoms with Gasteiger partial charge in [0.15, 0.2) is 0 Å². The van der Waals surface area contributed by atoms with E-state index in [-0.39, 0.29) is 6.10 Å². The first-order valence-electron chi connectivity index (χ1n) is 5.77. The maximum atomic E-state index is 9.89. The Morgan fingerprint density at radius 1 is 1.41 bits per heavy atom. The third kappa shape index (κ3) is 3.44. The fraction of sp³-hybridized carbons (Fsp3) is 0.385. The van der Waals surface area contributed by atoms with Gasteiger partial charge in [-0.1, -0.05) is 13.3 Å². The Morgan fingerprint density at radius 2 is 2.24 bits per heavy atom. The Bertz CT molecular complexity index is 477. The molecular weight excluding hydrogens is 298 g/mol. The summed E-state index contributed by atoms with van der Waals surface area (Å²) in [6, 6.07) is 6.19. The first-order valence-corrected chi connectivity index (χ1v) is 7.38. The number of aromatic nitrogens is 1. The van der Waals surface area contributed by atoms with Gasteiger partial charge in [-0.2, -0.15) is 0 Å². The molecule has 0 spiro atoms. The van der Waals surface area contributed by atoms with Gasteiger partial charge in [-0.15, -0.1) is 11.3 Å². The van der Waals surface area contributed by atoms with Crippen molar-refractivity contribution in [2.45, 2.75) is 32.4 Å². The Labute approximate surface area is 114 Å². The van der Waals surface area contributed by atoms with E-state index in [0.29, 0.717) is 0 Å². The summed E-state index contributed by atoms with van der Waals surface area (Å²) < 4.78 is 3.28. The lowest BCUT2D eigenvalue weighted by Gasteiger charge is -2.06. The van der Waals surface area contributed by atoms with Crippen LogP contribution in [0.15, 0.2) is 34.4 Å². The zero-order valence-corrected chi connectivity index (χ0v) is 12.2. The molecule has 0 aliphatic carbocycles. The normalized spacial score (nSPS) is 12.9. The van der Waals surface area contributed by atoms with Crippen molar-refractivity contribution < 1.29 is 5.11 Å². The van der Waals surface area contributed by atoms with E-state index in [0.717, 1.165) is 28.7 Å². The fourth-order valence-electron chi connectivity index (χ4n) is 1.81. The second-order valence-corrected chi connectivity index (χ2v) is 6.68. The van der Waals surface area contributed by atoms with Gasteiger partial charge >= 0.3 is 0 Å². The van der Waals surface area contributed by atoms with Gasteiger partial charge in [0.25, 0.3) is 0 Å². The van der Waals surface area contributed by atoms with Crippen molar-refractivity contribution in [1.82, 2.24) is 4.57 Å². The van der Waals surface area contributed by atoms with Gasteiger partial charge in [-0.25, -0.2) is 0 Å². The molecule has 0 saturated heterocycles. The van der Waals surface area contributed by atoms with E-state index in [2.05, 4.69) is 39.6 Å². The monoisotopic (exact) mass is 313 g/mol. The fourth-order valence-corrected chi connectivity index (χ4v) is 3.30. The van der Waals surface area contributed by atoms with Crippen LogP contribution < -0.4 is 0 Å². The summed E-state index contributed by atoms with van der Waals surface area (Å²) in [5, 5.41) is 9.89. The summed E-state index contributed by atoms with van der Waals surface area (Å²) in [6.45, 7) is 2.96. The Hall–Kier alpha value is -0.580. The molecule has 0 amide bonds. The highest BCUT2D eigenvalue weighted by Crippen LogP contribution is 2.24. The van der Waals surface area contributed by atoms with Crippen molar-refractivity contribution in [2.75, 3.05) is 0 Å². The molecule has 0 saturated carbocycles. The molecule has 1 atom stereocenters. The molecule has 92 valence electrons. The number of hydrogen-bond acceptors (Lipinski definition) is 2. The number of rotatable bonds is 5. The zero-order chi connectivity index (χ0) is 12.3. The van der Waals surface area contributed by atoms with Crippen molar-refractivity contribution in [3.05, 3.63) is 44.8 Å². The summed E-state index contributed by atoms with van der Waals surface area (Å²) in [7, 11) is 0. The van der Waals surface area contributed by atoms with E-state index < -0.39 is 0 Å². The largest absolute Gasteiger partial charge is 0.388 e. The molecule has 0 fully saturated rings. The summed E-state index contributed by atoms with van der Waals surface area (Å²) in [4.78, 5) is 1.31. The van der Waals surface area contributed by atoms with E-state index in [9.17, 15) is 5.11 Å². The Kier molecular flexibility index (Phi) is 4.42. The third-order valence-electron chi connectivity index (χ3n) is 2.69. The van der Waals surface area contributed by atoms with E-state index in [1.54, 1.807) is 11.3 Å². The minimum Gasteiger partial charge on any atom is -0.388 e. The average Bonchev–Trinajstić information content (AvgIpc) is 2.89. The molecule has 0 radical (unpaired) electrons. The second kappa shape index (κ2) is 5.85. The van der Waals surface area contributed by atoms with Gasteiger partial charge in [-0.3, -0.25) is 0 Å². The van der Waals surface area contributed by atoms with Crippen molar-refractivity contribution in [2.24, 2.45) is 0 Å². The molecule has 0 bridgehead atoms. The SMILES string of the molecule is CCCC(O)c1ccn(Cc2ccc(Br)s2)c1. The first-order chi connectivity index (χ1) is 8.19. The molecule has 2 aromatic heterocycles. The van der Waals surface area contributed by atoms with Crippen LogP contribution in [0, 0.1) is 0 Å². The van der Waals surface area contributed by atoms with Crippen LogP contribution in [0.1, 0.15) is 36.3 Å². The van der Waals surface area contributed by atoms with Gasteiger partial charge < -0.3 is 9.67 Å². The topological polar surface area (TPSA) is 25.2 Å². The molecule has 2 aromatic rings. The van der Waals surface area contributed by atoms with Gasteiger partial charge in [0.05, 0.1) is 16.4 Å². The predicted molar refractivity (Wildman–Crippen MR) is 75.4 cm³/mol. The summed E-state index contributed by atoms with van der Waals surface area (Å²) in [5.74, 6) is 0. The van der Waals surface area contributed by atoms with Crippen LogP contribution in [0.25, 0.3) is 0 Å². The van der Waals surface area contributed by atoms with Gasteiger partial charge in [0, 0.05) is 17.3 Å². The number of aliphatic hydroxyl groups is 1. The minimum atomic E-state index is -0.323. The average molecular weight is 314 g/mol. The molecule has 2 rings (SSSR count). The molecule has 0 aliphatic rings. The minimum absolute atomic E-state index is 0.323. The molecule has 17 heavy (non-hydrogen) atoms. The van der Waals surface area contributed by atoms with Crippen molar-refractivity contribution in [3.8, 4) is 0 Å². The van der Waals surface area contributed by atoms with Crippen LogP contribution in [0.2, 0.25) is 0 Å². The zero-order valence-electron chi connectivity index (χ0n) is 9.77. The smallest absolute Gasteiger partial charge is 0.0804 e. The van der Waals surface area contributed by atoms with E-state index >= 15 is 0 Å². The van der Waals surface area contributed by atoms with E-state index in [1.165, 1.54) is 4.88 Å². The highest BCUT2D eigenvalue weighted by Gasteiger charge is 2.08. The molecular formula is C13H16BrNOS. The quantitative estimate of drug-likeness (QED) is 0.879. The third-order valence-corrected chi connectivity index (χ3v) is 4.30. The first kappa shape index (κ1) is 12.9. The van der Waals surface area contributed by atoms with Gasteiger partial charge in [0.1, 0.15) is 0 Å². The van der Waals surface area contributed by atoms with Gasteiger partial charge in [0.2, 0.25) is 0 Å². The number of aliphatic hydroxyl groups excluding tert-OH is 1. The second-order valence-electron chi connectivity index (χ2n) is 4.13. The van der Waals surface area contributed by atoms with Crippen LogP contribution in [0.4, 0.5) is 0 Å². The number of hydrogen-bond donors (Lipinski definition) is 1. The Morgan fingerprint density at radius 3 is 2.88 bits per heavy atom. The van der Waals surface area contributed by atoms with Crippen molar-refractivity contribution in [1.29, 1.82) is 0 Å². The van der Waals surface area contributed by atoms with Crippen LogP contribution >= 0.6 is 27.3 Å². The van der Waals surface area contributed by atoms with Crippen LogP contribution in [0.5, 0.6) is 0 Å². The van der Waals surface area contributed by atoms with E-state index in [4.69, 9.17) is 0 Å². The molecule has 2 nitrogen and oxygen atoms in total. The number of thiophene rings is 1. The Balaban J connectivity index is 2.03. The van der Waals surface area contributed by atoms with Crippen LogP contribution in [-0.2, 0) is 6.54 Å². The van der Waals surface area contributed by atoms with Crippen molar-refractivity contribution >= 4 is 27.3 Å². The molecule has 1 unspecified atom stereocenters. The van der Waals surface area contributed by atoms with E-state index in [1.807, 2.05) is 18.5 Å². The lowest BCUT2D eigenvalue weighted by molar-refractivity contribution is 0.166.